The predicted molar refractivity (Wildman–Crippen MR) is 91.8 cm³/mol. The molecule has 0 saturated carbocycles. The van der Waals surface area contributed by atoms with E-state index in [1.54, 1.807) is 18.2 Å². The highest BCUT2D eigenvalue weighted by Gasteiger charge is 2.15. The quantitative estimate of drug-likeness (QED) is 0.819. The Morgan fingerprint density at radius 1 is 1.04 bits per heavy atom. The molecule has 2 aromatic carbocycles. The molecule has 0 saturated heterocycles. The van der Waals surface area contributed by atoms with Gasteiger partial charge in [-0.25, -0.2) is 4.39 Å². The molecule has 2 rings (SSSR count). The smallest absolute Gasteiger partial charge is 0.224 e. The fourth-order valence-electron chi connectivity index (χ4n) is 2.30. The Bertz CT molecular complexity index is 628. The number of amides is 1. The molecule has 0 aliphatic heterocycles. The number of para-hydroxylation sites is 1. The Morgan fingerprint density at radius 2 is 1.70 bits per heavy atom. The normalized spacial score (nSPS) is 12.0. The van der Waals surface area contributed by atoms with Crippen LogP contribution in [0.2, 0.25) is 0 Å². The van der Waals surface area contributed by atoms with Crippen molar-refractivity contribution in [3.8, 4) is 0 Å². The molecule has 2 N–H and O–H groups in total. The standard InChI is InChI=1S/C19H23FN2O/c1-14(2)18(22-16-9-4-3-5-10-16)13-21-19(23)12-15-8-6-7-11-17(15)20/h3-11,14,18,22H,12-13H2,1-2H3,(H,21,23). The lowest BCUT2D eigenvalue weighted by Gasteiger charge is -2.24. The molecule has 0 aliphatic carbocycles. The first-order valence-electron chi connectivity index (χ1n) is 7.88. The van der Waals surface area contributed by atoms with E-state index in [4.69, 9.17) is 0 Å². The van der Waals surface area contributed by atoms with Crippen molar-refractivity contribution in [2.45, 2.75) is 26.3 Å². The summed E-state index contributed by atoms with van der Waals surface area (Å²) in [5, 5.41) is 6.31. The second-order valence-corrected chi connectivity index (χ2v) is 5.93. The number of hydrogen-bond acceptors (Lipinski definition) is 2. The molecule has 0 fully saturated rings. The summed E-state index contributed by atoms with van der Waals surface area (Å²) < 4.78 is 13.6. The number of carbonyl (C=O) groups excluding carboxylic acids is 1. The van der Waals surface area contributed by atoms with Crippen molar-refractivity contribution in [3.05, 3.63) is 66.0 Å². The van der Waals surface area contributed by atoms with E-state index in [0.29, 0.717) is 18.0 Å². The van der Waals surface area contributed by atoms with Gasteiger partial charge in [-0.2, -0.15) is 0 Å². The fourth-order valence-corrected chi connectivity index (χ4v) is 2.30. The van der Waals surface area contributed by atoms with Crippen LogP contribution in [0.5, 0.6) is 0 Å². The number of anilines is 1. The van der Waals surface area contributed by atoms with E-state index >= 15 is 0 Å². The summed E-state index contributed by atoms with van der Waals surface area (Å²) in [6.07, 6.45) is 0.0584. The number of hydrogen-bond donors (Lipinski definition) is 2. The van der Waals surface area contributed by atoms with E-state index in [-0.39, 0.29) is 24.2 Å². The molecule has 122 valence electrons. The van der Waals surface area contributed by atoms with E-state index in [1.165, 1.54) is 6.07 Å². The Kier molecular flexibility index (Phi) is 6.15. The van der Waals surface area contributed by atoms with Gasteiger partial charge in [0.05, 0.1) is 6.42 Å². The van der Waals surface area contributed by atoms with Crippen molar-refractivity contribution in [1.82, 2.24) is 5.32 Å². The lowest BCUT2D eigenvalue weighted by atomic mass is 10.0. The number of carbonyl (C=O) groups is 1. The van der Waals surface area contributed by atoms with Gasteiger partial charge in [-0.15, -0.1) is 0 Å². The van der Waals surface area contributed by atoms with E-state index in [9.17, 15) is 9.18 Å². The van der Waals surface area contributed by atoms with E-state index < -0.39 is 0 Å². The van der Waals surface area contributed by atoms with Crippen LogP contribution >= 0.6 is 0 Å². The maximum Gasteiger partial charge on any atom is 0.224 e. The van der Waals surface area contributed by atoms with Gasteiger partial charge in [0.15, 0.2) is 0 Å². The second kappa shape index (κ2) is 8.32. The summed E-state index contributed by atoms with van der Waals surface area (Å²) in [5.74, 6) is -0.162. The molecule has 0 radical (unpaired) electrons. The van der Waals surface area contributed by atoms with Crippen molar-refractivity contribution in [2.75, 3.05) is 11.9 Å². The minimum atomic E-state index is -0.342. The first kappa shape index (κ1) is 17.0. The molecule has 1 atom stereocenters. The van der Waals surface area contributed by atoms with Crippen LogP contribution in [0.1, 0.15) is 19.4 Å². The van der Waals surface area contributed by atoms with Gasteiger partial charge in [-0.1, -0.05) is 50.2 Å². The van der Waals surface area contributed by atoms with Gasteiger partial charge in [-0.3, -0.25) is 4.79 Å². The Morgan fingerprint density at radius 3 is 2.35 bits per heavy atom. The van der Waals surface area contributed by atoms with Gasteiger partial charge in [-0.05, 0) is 29.7 Å². The lowest BCUT2D eigenvalue weighted by Crippen LogP contribution is -2.40. The molecule has 4 heteroatoms. The second-order valence-electron chi connectivity index (χ2n) is 5.93. The van der Waals surface area contributed by atoms with E-state index in [1.807, 2.05) is 30.3 Å². The van der Waals surface area contributed by atoms with E-state index in [0.717, 1.165) is 5.69 Å². The van der Waals surface area contributed by atoms with Crippen LogP contribution in [0, 0.1) is 11.7 Å². The molecule has 0 spiro atoms. The third-order valence-electron chi connectivity index (χ3n) is 3.76. The number of nitrogens with one attached hydrogen (secondary N) is 2. The number of halogens is 1. The predicted octanol–water partition coefficient (Wildman–Crippen LogP) is 3.62. The molecule has 23 heavy (non-hydrogen) atoms. The van der Waals surface area contributed by atoms with Crippen LogP contribution in [-0.4, -0.2) is 18.5 Å². The van der Waals surface area contributed by atoms with Crippen molar-refractivity contribution in [2.24, 2.45) is 5.92 Å². The van der Waals surface area contributed by atoms with Gasteiger partial charge < -0.3 is 10.6 Å². The molecule has 0 heterocycles. The van der Waals surface area contributed by atoms with Crippen molar-refractivity contribution >= 4 is 11.6 Å². The molecule has 1 unspecified atom stereocenters. The molecule has 2 aromatic rings. The maximum absolute atomic E-state index is 13.6. The summed E-state index contributed by atoms with van der Waals surface area (Å²) in [4.78, 5) is 12.0. The zero-order valence-corrected chi connectivity index (χ0v) is 13.6. The third kappa shape index (κ3) is 5.40. The zero-order valence-electron chi connectivity index (χ0n) is 13.6. The maximum atomic E-state index is 13.6. The Balaban J connectivity index is 1.88. The summed E-state index contributed by atoms with van der Waals surface area (Å²) >= 11 is 0. The topological polar surface area (TPSA) is 41.1 Å². The highest BCUT2D eigenvalue weighted by molar-refractivity contribution is 5.78. The van der Waals surface area contributed by atoms with Crippen LogP contribution in [0.3, 0.4) is 0 Å². The highest BCUT2D eigenvalue weighted by Crippen LogP contribution is 2.12. The van der Waals surface area contributed by atoms with Gasteiger partial charge >= 0.3 is 0 Å². The minimum Gasteiger partial charge on any atom is -0.380 e. The molecular formula is C19H23FN2O. The summed E-state index contributed by atoms with van der Waals surface area (Å²) in [7, 11) is 0. The zero-order chi connectivity index (χ0) is 16.7. The van der Waals surface area contributed by atoms with Crippen molar-refractivity contribution in [3.63, 3.8) is 0 Å². The minimum absolute atomic E-state index is 0.0584. The number of benzene rings is 2. The average molecular weight is 314 g/mol. The van der Waals surface area contributed by atoms with Crippen LogP contribution in [0.15, 0.2) is 54.6 Å². The largest absolute Gasteiger partial charge is 0.380 e. The SMILES string of the molecule is CC(C)C(CNC(=O)Cc1ccccc1F)Nc1ccccc1. The molecule has 0 bridgehead atoms. The Hall–Kier alpha value is -2.36. The van der Waals surface area contributed by atoms with Crippen molar-refractivity contribution in [1.29, 1.82) is 0 Å². The van der Waals surface area contributed by atoms with Crippen LogP contribution in [-0.2, 0) is 11.2 Å². The Labute approximate surface area is 136 Å². The fraction of sp³-hybridized carbons (Fsp3) is 0.316. The van der Waals surface area contributed by atoms with Crippen molar-refractivity contribution < 1.29 is 9.18 Å². The molecular weight excluding hydrogens is 291 g/mol. The van der Waals surface area contributed by atoms with Gasteiger partial charge in [0.25, 0.3) is 0 Å². The number of rotatable bonds is 7. The highest BCUT2D eigenvalue weighted by atomic mass is 19.1. The molecule has 0 aliphatic rings. The van der Waals surface area contributed by atoms with Gasteiger partial charge in [0, 0.05) is 18.3 Å². The summed E-state index contributed by atoms with van der Waals surface area (Å²) in [5.41, 5.74) is 1.44. The van der Waals surface area contributed by atoms with Gasteiger partial charge in [0.1, 0.15) is 5.82 Å². The van der Waals surface area contributed by atoms with E-state index in [2.05, 4.69) is 24.5 Å². The third-order valence-corrected chi connectivity index (χ3v) is 3.76. The first-order chi connectivity index (χ1) is 11.1. The summed E-state index contributed by atoms with van der Waals surface area (Å²) in [6, 6.07) is 16.4. The van der Waals surface area contributed by atoms with Crippen LogP contribution in [0.4, 0.5) is 10.1 Å². The lowest BCUT2D eigenvalue weighted by molar-refractivity contribution is -0.120. The monoisotopic (exact) mass is 314 g/mol. The van der Waals surface area contributed by atoms with Gasteiger partial charge in [0.2, 0.25) is 5.91 Å². The molecule has 1 amide bonds. The first-order valence-corrected chi connectivity index (χ1v) is 7.88. The van der Waals surface area contributed by atoms with Crippen LogP contribution < -0.4 is 10.6 Å². The van der Waals surface area contributed by atoms with Crippen LogP contribution in [0.25, 0.3) is 0 Å². The molecule has 3 nitrogen and oxygen atoms in total. The average Bonchev–Trinajstić information content (AvgIpc) is 2.54. The summed E-state index contributed by atoms with van der Waals surface area (Å²) in [6.45, 7) is 4.70. The molecule has 0 aromatic heterocycles.